The van der Waals surface area contributed by atoms with E-state index in [0.717, 1.165) is 103 Å². The SMILES string of the molecule is CC/C=C/C=C/C=C/C=C\CCCCCCCC(=O)OC1C(OCC(NC(=O)C(O)CCCCCCCC/C=C/C=C/C=C/CC)C(O)/C=C/CCCCCCCCCCCCC)OC(CO)C(O)C1O. The molecule has 6 N–H and O–H groups in total. The lowest BCUT2D eigenvalue weighted by Gasteiger charge is -2.41. The van der Waals surface area contributed by atoms with E-state index in [0.29, 0.717) is 12.8 Å². The predicted molar refractivity (Wildman–Crippen MR) is 292 cm³/mol. The van der Waals surface area contributed by atoms with Gasteiger partial charge < -0.3 is 45.1 Å². The first-order valence-electron chi connectivity index (χ1n) is 28.1. The summed E-state index contributed by atoms with van der Waals surface area (Å²) in [6.07, 6.45) is 51.6. The van der Waals surface area contributed by atoms with Crippen molar-refractivity contribution in [2.45, 2.75) is 256 Å². The van der Waals surface area contributed by atoms with Gasteiger partial charge in [0, 0.05) is 6.42 Å². The summed E-state index contributed by atoms with van der Waals surface area (Å²) in [5.41, 5.74) is 0. The number of unbranched alkanes of at least 4 members (excludes halogenated alkanes) is 22. The highest BCUT2D eigenvalue weighted by molar-refractivity contribution is 5.80. The summed E-state index contributed by atoms with van der Waals surface area (Å²) < 4.78 is 17.5. The Morgan fingerprint density at radius 2 is 1.01 bits per heavy atom. The second-order valence-corrected chi connectivity index (χ2v) is 19.1. The van der Waals surface area contributed by atoms with Crippen molar-refractivity contribution in [2.75, 3.05) is 13.2 Å². The summed E-state index contributed by atoms with van der Waals surface area (Å²) >= 11 is 0. The smallest absolute Gasteiger partial charge is 0.306 e. The summed E-state index contributed by atoms with van der Waals surface area (Å²) in [6, 6.07) is -1.04. The molecular weight excluding hydrogens is 895 g/mol. The van der Waals surface area contributed by atoms with Gasteiger partial charge in [-0.25, -0.2) is 0 Å². The van der Waals surface area contributed by atoms with Crippen LogP contribution in [0.1, 0.15) is 207 Å². The molecule has 1 aliphatic heterocycles. The Balaban J connectivity index is 2.78. The number of carbonyl (C=O) groups excluding carboxylic acids is 2. The van der Waals surface area contributed by atoms with E-state index in [1.54, 1.807) is 6.08 Å². The molecule has 1 aliphatic rings. The molecule has 0 saturated carbocycles. The van der Waals surface area contributed by atoms with Crippen molar-refractivity contribution in [1.29, 1.82) is 0 Å². The molecule has 0 aliphatic carbocycles. The van der Waals surface area contributed by atoms with Gasteiger partial charge in [-0.1, -0.05) is 234 Å². The summed E-state index contributed by atoms with van der Waals surface area (Å²) in [7, 11) is 0. The third-order valence-electron chi connectivity index (χ3n) is 12.6. The Labute approximate surface area is 431 Å². The number of nitrogens with one attached hydrogen (secondary N) is 1. The molecule has 8 atom stereocenters. The van der Waals surface area contributed by atoms with Crippen LogP contribution in [0, 0.1) is 0 Å². The van der Waals surface area contributed by atoms with Gasteiger partial charge in [0.1, 0.15) is 24.4 Å². The molecule has 8 unspecified atom stereocenters. The van der Waals surface area contributed by atoms with Gasteiger partial charge in [0.05, 0.1) is 25.4 Å². The van der Waals surface area contributed by atoms with Gasteiger partial charge in [0.25, 0.3) is 0 Å². The number of hydrogen-bond donors (Lipinski definition) is 6. The molecule has 1 saturated heterocycles. The fraction of sp³-hybridized carbons (Fsp3) is 0.700. The van der Waals surface area contributed by atoms with E-state index < -0.39 is 67.4 Å². The molecule has 71 heavy (non-hydrogen) atoms. The number of carbonyl (C=O) groups is 2. The quantitative estimate of drug-likeness (QED) is 0.0149. The highest BCUT2D eigenvalue weighted by Crippen LogP contribution is 2.26. The fourth-order valence-corrected chi connectivity index (χ4v) is 8.19. The normalized spacial score (nSPS) is 20.4. The maximum absolute atomic E-state index is 13.4. The monoisotopic (exact) mass is 996 g/mol. The molecule has 406 valence electrons. The average Bonchev–Trinajstić information content (AvgIpc) is 3.37. The Bertz CT molecular complexity index is 1520. The second kappa shape index (κ2) is 47.6. The molecule has 0 aromatic rings. The van der Waals surface area contributed by atoms with Crippen molar-refractivity contribution >= 4 is 11.9 Å². The molecule has 0 aromatic heterocycles. The number of aliphatic hydroxyl groups is 5. The lowest BCUT2D eigenvalue weighted by atomic mass is 9.99. The van der Waals surface area contributed by atoms with Crippen molar-refractivity contribution in [3.05, 3.63) is 97.2 Å². The highest BCUT2D eigenvalue weighted by atomic mass is 16.7. The number of hydrogen-bond acceptors (Lipinski definition) is 10. The number of rotatable bonds is 45. The zero-order chi connectivity index (χ0) is 51.8. The standard InChI is InChI=1S/C60H101NO10/c1-4-7-10-13-16-19-22-25-27-30-33-36-39-42-45-48-55(65)71-58-57(67)56(66)54(49-62)70-60(58)69-50-51(52(63)46-43-40-37-34-31-28-24-21-18-15-12-9-6-3)61-59(68)53(64)47-44-41-38-35-32-29-26-23-20-17-14-11-8-5-2/h7-8,10-11,13-14,16-17,19-20,22-23,25,27,43,46,51-54,56-58,60,62-64,66-67H,4-6,9,12,15,18,21,24,26,28-42,44-45,47-50H2,1-3H3,(H,61,68)/b10-7+,11-8+,16-13+,17-14+,22-19+,23-20+,27-25-,46-43+. The van der Waals surface area contributed by atoms with Crippen molar-refractivity contribution in [3.8, 4) is 0 Å². The Hall–Kier alpha value is -3.42. The van der Waals surface area contributed by atoms with Gasteiger partial charge in [0.15, 0.2) is 12.4 Å². The zero-order valence-electron chi connectivity index (χ0n) is 44.6. The molecule has 0 aromatic carbocycles. The van der Waals surface area contributed by atoms with Crippen LogP contribution < -0.4 is 5.32 Å². The van der Waals surface area contributed by atoms with E-state index in [1.807, 2.05) is 54.7 Å². The van der Waals surface area contributed by atoms with E-state index in [9.17, 15) is 35.1 Å². The Kier molecular flexibility index (Phi) is 44.0. The summed E-state index contributed by atoms with van der Waals surface area (Å²) in [4.78, 5) is 26.4. The topological polar surface area (TPSA) is 175 Å². The predicted octanol–water partition coefficient (Wildman–Crippen LogP) is 12.4. The minimum Gasteiger partial charge on any atom is -0.454 e. The molecule has 1 fully saturated rings. The van der Waals surface area contributed by atoms with E-state index in [4.69, 9.17) is 14.2 Å². The fourth-order valence-electron chi connectivity index (χ4n) is 8.19. The molecule has 0 bridgehead atoms. The van der Waals surface area contributed by atoms with Crippen LogP contribution in [0.4, 0.5) is 0 Å². The zero-order valence-corrected chi connectivity index (χ0v) is 44.6. The van der Waals surface area contributed by atoms with Gasteiger partial charge >= 0.3 is 5.97 Å². The number of aliphatic hydroxyl groups excluding tert-OH is 5. The third kappa shape index (κ3) is 36.2. The lowest BCUT2D eigenvalue weighted by Crippen LogP contribution is -2.61. The molecule has 0 radical (unpaired) electrons. The summed E-state index contributed by atoms with van der Waals surface area (Å²) in [5, 5.41) is 56.8. The van der Waals surface area contributed by atoms with Crippen LogP contribution in [0.25, 0.3) is 0 Å². The largest absolute Gasteiger partial charge is 0.454 e. The molecule has 1 rings (SSSR count). The first-order chi connectivity index (χ1) is 34.7. The van der Waals surface area contributed by atoms with E-state index in [-0.39, 0.29) is 19.4 Å². The van der Waals surface area contributed by atoms with Crippen LogP contribution >= 0.6 is 0 Å². The summed E-state index contributed by atoms with van der Waals surface area (Å²) in [6.45, 7) is 5.47. The van der Waals surface area contributed by atoms with Gasteiger partial charge in [-0.2, -0.15) is 0 Å². The van der Waals surface area contributed by atoms with Crippen LogP contribution in [0.2, 0.25) is 0 Å². The second-order valence-electron chi connectivity index (χ2n) is 19.1. The van der Waals surface area contributed by atoms with Gasteiger partial charge in [-0.05, 0) is 64.2 Å². The van der Waals surface area contributed by atoms with Crippen molar-refractivity contribution < 1.29 is 49.3 Å². The number of allylic oxidation sites excluding steroid dienone is 15. The van der Waals surface area contributed by atoms with E-state index in [2.05, 4.69) is 62.5 Å². The molecular formula is C60H101NO10. The minimum atomic E-state index is -1.63. The Morgan fingerprint density at radius 1 is 0.563 bits per heavy atom. The maximum atomic E-state index is 13.4. The first-order valence-corrected chi connectivity index (χ1v) is 28.1. The van der Waals surface area contributed by atoms with Gasteiger partial charge in [-0.15, -0.1) is 0 Å². The lowest BCUT2D eigenvalue weighted by molar-refractivity contribution is -0.305. The number of amides is 1. The molecule has 11 heteroatoms. The van der Waals surface area contributed by atoms with Gasteiger partial charge in [0.2, 0.25) is 5.91 Å². The Morgan fingerprint density at radius 3 is 1.52 bits per heavy atom. The molecule has 11 nitrogen and oxygen atoms in total. The average molecular weight is 996 g/mol. The van der Waals surface area contributed by atoms with Gasteiger partial charge in [-0.3, -0.25) is 9.59 Å². The van der Waals surface area contributed by atoms with Crippen molar-refractivity contribution in [1.82, 2.24) is 5.32 Å². The van der Waals surface area contributed by atoms with Crippen LogP contribution in [0.3, 0.4) is 0 Å². The molecule has 0 spiro atoms. The number of esters is 1. The van der Waals surface area contributed by atoms with Crippen LogP contribution in [-0.4, -0.2) is 99.6 Å². The molecule has 1 amide bonds. The van der Waals surface area contributed by atoms with E-state index >= 15 is 0 Å². The molecule has 1 heterocycles. The van der Waals surface area contributed by atoms with Crippen molar-refractivity contribution in [2.24, 2.45) is 0 Å². The van der Waals surface area contributed by atoms with Crippen molar-refractivity contribution in [3.63, 3.8) is 0 Å². The number of ether oxygens (including phenoxy) is 3. The van der Waals surface area contributed by atoms with Crippen LogP contribution in [0.15, 0.2) is 97.2 Å². The van der Waals surface area contributed by atoms with Crippen LogP contribution in [-0.2, 0) is 23.8 Å². The first kappa shape index (κ1) is 65.6. The third-order valence-corrected chi connectivity index (χ3v) is 12.6. The minimum absolute atomic E-state index is 0.0908. The van der Waals surface area contributed by atoms with Crippen LogP contribution in [0.5, 0.6) is 0 Å². The van der Waals surface area contributed by atoms with E-state index in [1.165, 1.54) is 57.8 Å². The summed E-state index contributed by atoms with van der Waals surface area (Å²) in [5.74, 6) is -1.24. The highest BCUT2D eigenvalue weighted by Gasteiger charge is 2.47. The maximum Gasteiger partial charge on any atom is 0.306 e.